The van der Waals surface area contributed by atoms with Gasteiger partial charge in [-0.15, -0.1) is 10.2 Å². The first-order valence-corrected chi connectivity index (χ1v) is 10.5. The number of para-hydroxylation sites is 1. The van der Waals surface area contributed by atoms with Crippen LogP contribution in [0.3, 0.4) is 0 Å². The molecule has 7 nitrogen and oxygen atoms in total. The van der Waals surface area contributed by atoms with Crippen molar-refractivity contribution in [3.63, 3.8) is 0 Å². The van der Waals surface area contributed by atoms with Crippen molar-refractivity contribution in [3.8, 4) is 22.9 Å². The maximum atomic E-state index is 12.4. The van der Waals surface area contributed by atoms with Crippen LogP contribution in [0, 0.1) is 0 Å². The van der Waals surface area contributed by atoms with E-state index in [0.29, 0.717) is 44.2 Å². The van der Waals surface area contributed by atoms with Gasteiger partial charge in [-0.2, -0.15) is 0 Å². The monoisotopic (exact) mass is 483 g/mol. The Labute approximate surface area is 198 Å². The zero-order valence-corrected chi connectivity index (χ0v) is 18.6. The lowest BCUT2D eigenvalue weighted by Crippen LogP contribution is -2.43. The summed E-state index contributed by atoms with van der Waals surface area (Å²) < 4.78 is 5.73. The maximum absolute atomic E-state index is 12.4. The first-order valence-electron chi connectivity index (χ1n) is 9.32. The number of rotatable bonds is 4. The molecule has 1 aromatic heterocycles. The number of thiocarbonyl (C=S) groups is 1. The molecule has 0 unspecified atom stereocenters. The van der Waals surface area contributed by atoms with Crippen LogP contribution >= 0.6 is 35.4 Å². The van der Waals surface area contributed by atoms with Gasteiger partial charge in [-0.25, -0.2) is 0 Å². The summed E-state index contributed by atoms with van der Waals surface area (Å²) in [6.07, 6.45) is 0. The lowest BCUT2D eigenvalue weighted by atomic mass is 10.1. The molecule has 0 radical (unpaired) electrons. The fourth-order valence-electron chi connectivity index (χ4n) is 2.75. The van der Waals surface area contributed by atoms with Gasteiger partial charge in [0, 0.05) is 11.1 Å². The molecule has 0 atom stereocenters. The van der Waals surface area contributed by atoms with E-state index in [-0.39, 0.29) is 11.0 Å². The molecule has 4 rings (SSSR count). The molecule has 0 fully saturated rings. The van der Waals surface area contributed by atoms with Gasteiger partial charge in [0.25, 0.3) is 5.91 Å². The van der Waals surface area contributed by atoms with Gasteiger partial charge < -0.3 is 9.73 Å². The van der Waals surface area contributed by atoms with E-state index in [4.69, 9.17) is 39.8 Å². The topological polar surface area (TPSA) is 92.1 Å². The molecule has 0 spiro atoms. The number of aromatic nitrogens is 2. The van der Waals surface area contributed by atoms with E-state index < -0.39 is 0 Å². The van der Waals surface area contributed by atoms with Crippen LogP contribution < -0.4 is 16.2 Å². The fourth-order valence-corrected chi connectivity index (χ4v) is 3.31. The minimum absolute atomic E-state index is 0.195. The van der Waals surface area contributed by atoms with Crippen molar-refractivity contribution in [2.24, 2.45) is 0 Å². The highest BCUT2D eigenvalue weighted by Crippen LogP contribution is 2.29. The third-order valence-electron chi connectivity index (χ3n) is 4.33. The molecular weight excluding hydrogens is 469 g/mol. The number of anilines is 1. The van der Waals surface area contributed by atoms with Crippen LogP contribution in [0.15, 0.2) is 77.2 Å². The van der Waals surface area contributed by atoms with Crippen molar-refractivity contribution < 1.29 is 9.21 Å². The van der Waals surface area contributed by atoms with Gasteiger partial charge in [0.1, 0.15) is 0 Å². The quantitative estimate of drug-likeness (QED) is 0.266. The molecule has 1 amide bonds. The fraction of sp³-hybridized carbons (Fsp3) is 0. The Morgan fingerprint density at radius 2 is 1.47 bits per heavy atom. The molecule has 4 aromatic rings. The van der Waals surface area contributed by atoms with Crippen molar-refractivity contribution in [1.82, 2.24) is 21.0 Å². The average Bonchev–Trinajstić information content (AvgIpc) is 3.29. The molecule has 32 heavy (non-hydrogen) atoms. The van der Waals surface area contributed by atoms with Gasteiger partial charge in [0.05, 0.1) is 21.3 Å². The highest BCUT2D eigenvalue weighted by molar-refractivity contribution is 7.80. The highest BCUT2D eigenvalue weighted by Gasteiger charge is 2.14. The van der Waals surface area contributed by atoms with Gasteiger partial charge >= 0.3 is 0 Å². The van der Waals surface area contributed by atoms with E-state index in [0.717, 1.165) is 0 Å². The van der Waals surface area contributed by atoms with E-state index >= 15 is 0 Å². The predicted molar refractivity (Wildman–Crippen MR) is 128 cm³/mol. The number of carbonyl (C=O) groups excluding carboxylic acids is 1. The van der Waals surface area contributed by atoms with E-state index in [1.54, 1.807) is 54.6 Å². The van der Waals surface area contributed by atoms with E-state index in [9.17, 15) is 4.79 Å². The molecule has 3 N–H and O–H groups in total. The second kappa shape index (κ2) is 9.78. The van der Waals surface area contributed by atoms with Crippen LogP contribution in [0.5, 0.6) is 0 Å². The van der Waals surface area contributed by atoms with Crippen molar-refractivity contribution in [1.29, 1.82) is 0 Å². The number of hydrazine groups is 1. The SMILES string of the molecule is O=C(NNC(=S)Nc1ccccc1Cl)c1ccc(-c2nnc(-c3ccccc3Cl)o2)cc1. The number of hydrogen-bond donors (Lipinski definition) is 3. The molecular formula is C22H15Cl2N5O2S. The van der Waals surface area contributed by atoms with Crippen LogP contribution in [-0.4, -0.2) is 21.2 Å². The zero-order chi connectivity index (χ0) is 22.5. The first kappa shape index (κ1) is 21.8. The van der Waals surface area contributed by atoms with Gasteiger partial charge in [0.15, 0.2) is 5.11 Å². The number of amides is 1. The smallest absolute Gasteiger partial charge is 0.269 e. The van der Waals surface area contributed by atoms with Crippen molar-refractivity contribution >= 4 is 52.1 Å². The third-order valence-corrected chi connectivity index (χ3v) is 5.20. The van der Waals surface area contributed by atoms with Crippen molar-refractivity contribution in [2.45, 2.75) is 0 Å². The zero-order valence-electron chi connectivity index (χ0n) is 16.3. The molecule has 0 saturated heterocycles. The normalized spacial score (nSPS) is 10.4. The molecule has 0 aliphatic heterocycles. The van der Waals surface area contributed by atoms with Gasteiger partial charge in [-0.05, 0) is 60.7 Å². The molecule has 160 valence electrons. The molecule has 1 heterocycles. The largest absolute Gasteiger partial charge is 0.416 e. The summed E-state index contributed by atoms with van der Waals surface area (Å²) in [5, 5.41) is 12.2. The van der Waals surface area contributed by atoms with E-state index in [1.807, 2.05) is 18.2 Å². The van der Waals surface area contributed by atoms with E-state index in [2.05, 4.69) is 26.4 Å². The van der Waals surface area contributed by atoms with Gasteiger partial charge in [0.2, 0.25) is 11.8 Å². The van der Waals surface area contributed by atoms with Gasteiger partial charge in [-0.1, -0.05) is 47.5 Å². The standard InChI is InChI=1S/C22H15Cl2N5O2S/c23-16-6-2-1-5-15(16)21-28-27-20(31-21)14-11-9-13(10-12-14)19(30)26-29-22(32)25-18-8-4-3-7-17(18)24/h1-12H,(H,26,30)(H2,25,29,32). The Balaban J connectivity index is 1.37. The molecule has 0 bridgehead atoms. The predicted octanol–water partition coefficient (Wildman–Crippen LogP) is 5.34. The Morgan fingerprint density at radius 1 is 0.812 bits per heavy atom. The van der Waals surface area contributed by atoms with Crippen LogP contribution in [0.25, 0.3) is 22.9 Å². The van der Waals surface area contributed by atoms with Crippen molar-refractivity contribution in [2.75, 3.05) is 5.32 Å². The number of nitrogens with one attached hydrogen (secondary N) is 3. The molecule has 3 aromatic carbocycles. The summed E-state index contributed by atoms with van der Waals surface area (Å²) in [4.78, 5) is 12.4. The number of hydrogen-bond acceptors (Lipinski definition) is 5. The summed E-state index contributed by atoms with van der Waals surface area (Å²) in [7, 11) is 0. The molecule has 0 aliphatic rings. The average molecular weight is 484 g/mol. The minimum Gasteiger partial charge on any atom is -0.416 e. The molecule has 0 saturated carbocycles. The highest BCUT2D eigenvalue weighted by atomic mass is 35.5. The van der Waals surface area contributed by atoms with Crippen LogP contribution in [0.1, 0.15) is 10.4 Å². The molecule has 0 aliphatic carbocycles. The summed E-state index contributed by atoms with van der Waals surface area (Å²) in [6, 6.07) is 21.0. The number of halogens is 2. The second-order valence-corrected chi connectivity index (χ2v) is 7.71. The van der Waals surface area contributed by atoms with Crippen LogP contribution in [0.2, 0.25) is 10.0 Å². The summed E-state index contributed by atoms with van der Waals surface area (Å²) >= 11 is 17.4. The van der Waals surface area contributed by atoms with Gasteiger partial charge in [-0.3, -0.25) is 15.6 Å². The molecule has 10 heteroatoms. The van der Waals surface area contributed by atoms with E-state index in [1.165, 1.54) is 0 Å². The number of nitrogens with zero attached hydrogens (tertiary/aromatic N) is 2. The summed E-state index contributed by atoms with van der Waals surface area (Å²) in [6.45, 7) is 0. The van der Waals surface area contributed by atoms with Crippen LogP contribution in [0.4, 0.5) is 5.69 Å². The Bertz CT molecular complexity index is 1280. The van der Waals surface area contributed by atoms with Crippen LogP contribution in [-0.2, 0) is 0 Å². The summed E-state index contributed by atoms with van der Waals surface area (Å²) in [5.74, 6) is 0.258. The number of benzene rings is 3. The van der Waals surface area contributed by atoms with Crippen molar-refractivity contribution in [3.05, 3.63) is 88.4 Å². The lowest BCUT2D eigenvalue weighted by molar-refractivity contribution is 0.0944. The second-order valence-electron chi connectivity index (χ2n) is 6.48. The lowest BCUT2D eigenvalue weighted by Gasteiger charge is -2.12. The third kappa shape index (κ3) is 5.05. The Hall–Kier alpha value is -3.46. The number of carbonyl (C=O) groups is 1. The Morgan fingerprint density at radius 3 is 2.19 bits per heavy atom. The maximum Gasteiger partial charge on any atom is 0.269 e. The minimum atomic E-state index is -0.373. The summed E-state index contributed by atoms with van der Waals surface area (Å²) in [5.41, 5.74) is 7.51. The first-order chi connectivity index (χ1) is 15.5. The Kier molecular flexibility index (Phi) is 6.65.